The molecule has 0 aromatic carbocycles. The molecule has 3 atom stereocenters. The number of rotatable bonds is 4. The smallest absolute Gasteiger partial charge is 0.326 e. The Morgan fingerprint density at radius 1 is 1.29 bits per heavy atom. The number of hydrogen-bond donors (Lipinski definition) is 1. The molecule has 2 aliphatic rings. The van der Waals surface area contributed by atoms with Crippen LogP contribution in [0.25, 0.3) is 0 Å². The second-order valence-electron chi connectivity index (χ2n) is 6.94. The highest BCUT2D eigenvalue weighted by Gasteiger charge is 2.47. The number of aliphatic carboxylic acids is 1. The van der Waals surface area contributed by atoms with E-state index in [1.165, 1.54) is 0 Å². The zero-order valence-corrected chi connectivity index (χ0v) is 14.1. The summed E-state index contributed by atoms with van der Waals surface area (Å²) in [4.78, 5) is 30.5. The molecular formula is C18H24N2O4. The molecule has 1 aromatic rings. The van der Waals surface area contributed by atoms with E-state index in [1.807, 2.05) is 13.8 Å². The number of aromatic nitrogens is 1. The van der Waals surface area contributed by atoms with E-state index in [1.54, 1.807) is 23.1 Å². The fraction of sp³-hybridized carbons (Fsp3) is 0.611. The van der Waals surface area contributed by atoms with E-state index < -0.39 is 12.0 Å². The van der Waals surface area contributed by atoms with Crippen molar-refractivity contribution in [2.75, 3.05) is 0 Å². The molecule has 0 radical (unpaired) electrons. The van der Waals surface area contributed by atoms with Crippen molar-refractivity contribution < 1.29 is 19.4 Å². The molecule has 1 saturated heterocycles. The van der Waals surface area contributed by atoms with Crippen LogP contribution in [-0.4, -0.2) is 45.1 Å². The lowest BCUT2D eigenvalue weighted by atomic mass is 9.84. The van der Waals surface area contributed by atoms with Gasteiger partial charge in [-0.1, -0.05) is 18.9 Å². The van der Waals surface area contributed by atoms with Crippen molar-refractivity contribution in [3.63, 3.8) is 0 Å². The van der Waals surface area contributed by atoms with E-state index in [2.05, 4.69) is 4.98 Å². The van der Waals surface area contributed by atoms with Gasteiger partial charge in [0, 0.05) is 12.1 Å². The number of hydrogen-bond acceptors (Lipinski definition) is 4. The number of carbonyl (C=O) groups is 2. The minimum Gasteiger partial charge on any atom is -0.480 e. The Labute approximate surface area is 141 Å². The van der Waals surface area contributed by atoms with Crippen LogP contribution in [0.2, 0.25) is 0 Å². The average Bonchev–Trinajstić information content (AvgIpc) is 2.93. The summed E-state index contributed by atoms with van der Waals surface area (Å²) in [6.07, 6.45) is 4.55. The molecule has 3 rings (SSSR count). The largest absolute Gasteiger partial charge is 0.480 e. The van der Waals surface area contributed by atoms with Gasteiger partial charge in [-0.05, 0) is 45.1 Å². The van der Waals surface area contributed by atoms with Gasteiger partial charge in [0.1, 0.15) is 11.7 Å². The van der Waals surface area contributed by atoms with Crippen LogP contribution in [0.4, 0.5) is 0 Å². The highest BCUT2D eigenvalue weighted by molar-refractivity contribution is 5.95. The van der Waals surface area contributed by atoms with Crippen LogP contribution in [0.5, 0.6) is 5.88 Å². The first-order chi connectivity index (χ1) is 11.5. The SMILES string of the molecule is CC(C)Oc1cccc(C(=O)N2C(C(=O)O)CC3CCCCC32)n1. The molecule has 0 bridgehead atoms. The maximum Gasteiger partial charge on any atom is 0.326 e. The van der Waals surface area contributed by atoms with E-state index in [4.69, 9.17) is 4.74 Å². The monoisotopic (exact) mass is 332 g/mol. The van der Waals surface area contributed by atoms with Crippen molar-refractivity contribution in [3.8, 4) is 5.88 Å². The zero-order valence-electron chi connectivity index (χ0n) is 14.1. The van der Waals surface area contributed by atoms with E-state index in [-0.39, 0.29) is 23.7 Å². The lowest BCUT2D eigenvalue weighted by Gasteiger charge is -2.32. The molecule has 6 heteroatoms. The summed E-state index contributed by atoms with van der Waals surface area (Å²) in [5.41, 5.74) is 0.255. The molecule has 6 nitrogen and oxygen atoms in total. The standard InChI is InChI=1S/C18H24N2O4/c1-11(2)24-16-9-5-7-13(19-16)17(21)20-14-8-4-3-6-12(14)10-15(20)18(22)23/h5,7,9,11-12,14-15H,3-4,6,8,10H2,1-2H3,(H,22,23). The Kier molecular flexibility index (Phi) is 4.73. The van der Waals surface area contributed by atoms with Crippen molar-refractivity contribution in [3.05, 3.63) is 23.9 Å². The van der Waals surface area contributed by atoms with Crippen molar-refractivity contribution in [2.24, 2.45) is 5.92 Å². The number of ether oxygens (including phenoxy) is 1. The van der Waals surface area contributed by atoms with E-state index >= 15 is 0 Å². The van der Waals surface area contributed by atoms with Crippen LogP contribution in [0, 0.1) is 5.92 Å². The quantitative estimate of drug-likeness (QED) is 0.917. The third kappa shape index (κ3) is 3.23. The van der Waals surface area contributed by atoms with E-state index in [0.717, 1.165) is 25.7 Å². The molecule has 130 valence electrons. The predicted molar refractivity (Wildman–Crippen MR) is 88.0 cm³/mol. The van der Waals surface area contributed by atoms with Gasteiger partial charge in [0.05, 0.1) is 6.10 Å². The summed E-state index contributed by atoms with van der Waals surface area (Å²) in [7, 11) is 0. The maximum absolute atomic E-state index is 13.0. The van der Waals surface area contributed by atoms with Crippen molar-refractivity contribution in [2.45, 2.75) is 64.1 Å². The molecule has 3 unspecified atom stereocenters. The summed E-state index contributed by atoms with van der Waals surface area (Å²) < 4.78 is 5.55. The molecule has 2 heterocycles. The highest BCUT2D eigenvalue weighted by Crippen LogP contribution is 2.40. The van der Waals surface area contributed by atoms with E-state index in [9.17, 15) is 14.7 Å². The van der Waals surface area contributed by atoms with Gasteiger partial charge in [0.15, 0.2) is 0 Å². The molecule has 1 N–H and O–H groups in total. The van der Waals surface area contributed by atoms with Crippen molar-refractivity contribution >= 4 is 11.9 Å². The first-order valence-corrected chi connectivity index (χ1v) is 8.66. The van der Waals surface area contributed by atoms with Crippen LogP contribution >= 0.6 is 0 Å². The Balaban J connectivity index is 1.87. The lowest BCUT2D eigenvalue weighted by molar-refractivity contribution is -0.141. The first kappa shape index (κ1) is 16.7. The Morgan fingerprint density at radius 2 is 2.04 bits per heavy atom. The Hall–Kier alpha value is -2.11. The lowest BCUT2D eigenvalue weighted by Crippen LogP contribution is -2.46. The highest BCUT2D eigenvalue weighted by atomic mass is 16.5. The zero-order chi connectivity index (χ0) is 17.3. The van der Waals surface area contributed by atoms with Gasteiger partial charge in [0.2, 0.25) is 5.88 Å². The minimum absolute atomic E-state index is 0.0174. The second-order valence-corrected chi connectivity index (χ2v) is 6.94. The average molecular weight is 332 g/mol. The first-order valence-electron chi connectivity index (χ1n) is 8.66. The van der Waals surface area contributed by atoms with Crippen LogP contribution in [0.15, 0.2) is 18.2 Å². The summed E-state index contributed by atoms with van der Waals surface area (Å²) in [6, 6.07) is 4.33. The predicted octanol–water partition coefficient (Wildman–Crippen LogP) is 2.73. The summed E-state index contributed by atoms with van der Waals surface area (Å²) >= 11 is 0. The molecule has 1 aliphatic carbocycles. The van der Waals surface area contributed by atoms with Gasteiger partial charge >= 0.3 is 5.97 Å². The van der Waals surface area contributed by atoms with Gasteiger partial charge in [0.25, 0.3) is 5.91 Å². The maximum atomic E-state index is 13.0. The molecule has 2 fully saturated rings. The third-order valence-corrected chi connectivity index (χ3v) is 4.91. The number of likely N-dealkylation sites (tertiary alicyclic amines) is 1. The van der Waals surface area contributed by atoms with E-state index in [0.29, 0.717) is 18.2 Å². The summed E-state index contributed by atoms with van der Waals surface area (Å²) in [5.74, 6) is -0.542. The molecule has 1 amide bonds. The molecule has 1 aromatic heterocycles. The van der Waals surface area contributed by atoms with Crippen molar-refractivity contribution in [1.82, 2.24) is 9.88 Å². The topological polar surface area (TPSA) is 79.7 Å². The molecule has 24 heavy (non-hydrogen) atoms. The number of carbonyl (C=O) groups excluding carboxylic acids is 1. The number of fused-ring (bicyclic) bond motifs is 1. The fourth-order valence-electron chi connectivity index (χ4n) is 3.95. The number of carboxylic acid groups (broad SMARTS) is 1. The molecule has 0 spiro atoms. The minimum atomic E-state index is -0.924. The number of nitrogens with zero attached hydrogens (tertiary/aromatic N) is 2. The van der Waals surface area contributed by atoms with Crippen LogP contribution in [0.1, 0.15) is 56.4 Å². The summed E-state index contributed by atoms with van der Waals surface area (Å²) in [6.45, 7) is 3.79. The van der Waals surface area contributed by atoms with Gasteiger partial charge in [-0.25, -0.2) is 9.78 Å². The normalized spacial score (nSPS) is 26.3. The fourth-order valence-corrected chi connectivity index (χ4v) is 3.95. The number of pyridine rings is 1. The summed E-state index contributed by atoms with van der Waals surface area (Å²) in [5, 5.41) is 9.56. The molecule has 1 saturated carbocycles. The Morgan fingerprint density at radius 3 is 2.75 bits per heavy atom. The van der Waals surface area contributed by atoms with Crippen molar-refractivity contribution in [1.29, 1.82) is 0 Å². The number of carboxylic acids is 1. The number of amides is 1. The molecule has 1 aliphatic heterocycles. The van der Waals surface area contributed by atoms with Gasteiger partial charge in [-0.2, -0.15) is 0 Å². The van der Waals surface area contributed by atoms with Gasteiger partial charge < -0.3 is 14.7 Å². The van der Waals surface area contributed by atoms with Gasteiger partial charge in [-0.15, -0.1) is 0 Å². The van der Waals surface area contributed by atoms with Crippen LogP contribution < -0.4 is 4.74 Å². The Bertz CT molecular complexity index is 631. The van der Waals surface area contributed by atoms with Gasteiger partial charge in [-0.3, -0.25) is 4.79 Å². The molecular weight excluding hydrogens is 308 g/mol. The third-order valence-electron chi connectivity index (χ3n) is 4.91. The second kappa shape index (κ2) is 6.79. The van der Waals surface area contributed by atoms with Crippen LogP contribution in [0.3, 0.4) is 0 Å². The van der Waals surface area contributed by atoms with Crippen LogP contribution in [-0.2, 0) is 4.79 Å².